The maximum Gasteiger partial charge on any atom is 0.217 e. The normalized spacial score (nSPS) is 16.7. The summed E-state index contributed by atoms with van der Waals surface area (Å²) in [6.45, 7) is 3.44. The zero-order valence-corrected chi connectivity index (χ0v) is 14.9. The molecule has 7 heteroatoms. The highest BCUT2D eigenvalue weighted by Crippen LogP contribution is 2.22. The van der Waals surface area contributed by atoms with Crippen LogP contribution in [0.25, 0.3) is 0 Å². The van der Waals surface area contributed by atoms with Crippen LogP contribution in [0.2, 0.25) is 0 Å². The summed E-state index contributed by atoms with van der Waals surface area (Å²) in [5.41, 5.74) is 0. The van der Waals surface area contributed by atoms with Gasteiger partial charge in [0.05, 0.1) is 5.75 Å². The van der Waals surface area contributed by atoms with Crippen molar-refractivity contribution in [2.24, 2.45) is 5.92 Å². The highest BCUT2D eigenvalue weighted by Gasteiger charge is 2.27. The predicted molar refractivity (Wildman–Crippen MR) is 93.3 cm³/mol. The van der Waals surface area contributed by atoms with Gasteiger partial charge >= 0.3 is 0 Å². The van der Waals surface area contributed by atoms with Crippen molar-refractivity contribution in [1.29, 1.82) is 0 Å². The van der Waals surface area contributed by atoms with E-state index in [0.717, 1.165) is 19.3 Å². The van der Waals surface area contributed by atoms with E-state index in [1.54, 1.807) is 4.31 Å². The van der Waals surface area contributed by atoms with E-state index < -0.39 is 10.0 Å². The number of carbonyl (C=O) groups excluding carboxylic acids is 1. The Balaban J connectivity index is 1.70. The van der Waals surface area contributed by atoms with Crippen molar-refractivity contribution in [2.75, 3.05) is 32.0 Å². The van der Waals surface area contributed by atoms with Gasteiger partial charge < -0.3 is 10.1 Å². The average Bonchev–Trinajstić information content (AvgIpc) is 2.56. The SMILES string of the molecule is CC(=O)NCCC1CCN(S(=O)(=O)CCOc2ccccc2)CC1. The summed E-state index contributed by atoms with van der Waals surface area (Å²) in [5.74, 6) is 1.14. The molecule has 1 N–H and O–H groups in total. The fourth-order valence-corrected chi connectivity index (χ4v) is 4.16. The number of piperidine rings is 1. The summed E-state index contributed by atoms with van der Waals surface area (Å²) in [5, 5.41) is 2.79. The standard InChI is InChI=1S/C17H26N2O4S/c1-15(20)18-10-7-16-8-11-19(12-9-16)24(21,22)14-13-23-17-5-3-2-4-6-17/h2-6,16H,7-14H2,1H3,(H,18,20). The highest BCUT2D eigenvalue weighted by atomic mass is 32.2. The van der Waals surface area contributed by atoms with E-state index in [1.165, 1.54) is 6.92 Å². The first kappa shape index (κ1) is 18.7. The molecule has 0 saturated carbocycles. The molecule has 0 unspecified atom stereocenters. The summed E-state index contributed by atoms with van der Waals surface area (Å²) in [6.07, 6.45) is 2.60. The number of amides is 1. The lowest BCUT2D eigenvalue weighted by atomic mass is 9.95. The topological polar surface area (TPSA) is 75.7 Å². The van der Waals surface area contributed by atoms with E-state index in [1.807, 2.05) is 30.3 Å². The summed E-state index contributed by atoms with van der Waals surface area (Å²) in [7, 11) is -3.27. The van der Waals surface area contributed by atoms with Crippen LogP contribution in [-0.4, -0.2) is 50.6 Å². The number of sulfonamides is 1. The zero-order valence-electron chi connectivity index (χ0n) is 14.1. The van der Waals surface area contributed by atoms with Crippen molar-refractivity contribution in [3.63, 3.8) is 0 Å². The van der Waals surface area contributed by atoms with Crippen LogP contribution in [0.1, 0.15) is 26.2 Å². The summed E-state index contributed by atoms with van der Waals surface area (Å²) >= 11 is 0. The second-order valence-electron chi connectivity index (χ2n) is 6.09. The molecule has 1 aliphatic rings. The van der Waals surface area contributed by atoms with Gasteiger partial charge in [-0.3, -0.25) is 4.79 Å². The lowest BCUT2D eigenvalue weighted by molar-refractivity contribution is -0.119. The largest absolute Gasteiger partial charge is 0.492 e. The molecule has 0 aromatic heterocycles. The average molecular weight is 354 g/mol. The maximum atomic E-state index is 12.4. The van der Waals surface area contributed by atoms with E-state index in [-0.39, 0.29) is 18.3 Å². The molecule has 1 aromatic carbocycles. The minimum atomic E-state index is -3.27. The molecule has 1 fully saturated rings. The first-order valence-electron chi connectivity index (χ1n) is 8.37. The number of benzene rings is 1. The van der Waals surface area contributed by atoms with E-state index >= 15 is 0 Å². The lowest BCUT2D eigenvalue weighted by Gasteiger charge is -2.31. The molecule has 0 bridgehead atoms. The Morgan fingerprint density at radius 2 is 1.92 bits per heavy atom. The third kappa shape index (κ3) is 6.13. The molecule has 24 heavy (non-hydrogen) atoms. The van der Waals surface area contributed by atoms with Gasteiger partial charge in [-0.1, -0.05) is 18.2 Å². The third-order valence-electron chi connectivity index (χ3n) is 4.25. The van der Waals surface area contributed by atoms with Crippen LogP contribution in [-0.2, 0) is 14.8 Å². The van der Waals surface area contributed by atoms with Crippen molar-refractivity contribution in [3.05, 3.63) is 30.3 Å². The van der Waals surface area contributed by atoms with E-state index in [9.17, 15) is 13.2 Å². The minimum Gasteiger partial charge on any atom is -0.492 e. The number of ether oxygens (including phenoxy) is 1. The van der Waals surface area contributed by atoms with Gasteiger partial charge in [-0.2, -0.15) is 0 Å². The Bertz CT molecular complexity index is 611. The molecule has 1 saturated heterocycles. The number of nitrogens with zero attached hydrogens (tertiary/aromatic N) is 1. The number of hydrogen-bond donors (Lipinski definition) is 1. The first-order chi connectivity index (χ1) is 11.5. The van der Waals surface area contributed by atoms with Gasteiger partial charge in [0.25, 0.3) is 0 Å². The van der Waals surface area contributed by atoms with Gasteiger partial charge in [-0.05, 0) is 37.3 Å². The van der Waals surface area contributed by atoms with Crippen LogP contribution in [0.4, 0.5) is 0 Å². The Morgan fingerprint density at radius 3 is 2.54 bits per heavy atom. The highest BCUT2D eigenvalue weighted by molar-refractivity contribution is 7.89. The summed E-state index contributed by atoms with van der Waals surface area (Å²) in [4.78, 5) is 10.9. The van der Waals surface area contributed by atoms with Gasteiger partial charge in [-0.25, -0.2) is 12.7 Å². The number of para-hydroxylation sites is 1. The molecular formula is C17H26N2O4S. The first-order valence-corrected chi connectivity index (χ1v) is 9.98. The fraction of sp³-hybridized carbons (Fsp3) is 0.588. The van der Waals surface area contributed by atoms with Crippen molar-refractivity contribution in [2.45, 2.75) is 26.2 Å². The molecule has 0 spiro atoms. The summed E-state index contributed by atoms with van der Waals surface area (Å²) in [6, 6.07) is 9.23. The molecule has 0 atom stereocenters. The molecule has 1 amide bonds. The minimum absolute atomic E-state index is 0.00153. The van der Waals surface area contributed by atoms with Crippen LogP contribution in [0, 0.1) is 5.92 Å². The van der Waals surface area contributed by atoms with Crippen LogP contribution < -0.4 is 10.1 Å². The molecule has 2 rings (SSSR count). The van der Waals surface area contributed by atoms with Gasteiger partial charge in [0.1, 0.15) is 12.4 Å². The van der Waals surface area contributed by atoms with E-state index in [4.69, 9.17) is 4.74 Å². The molecule has 0 aliphatic carbocycles. The van der Waals surface area contributed by atoms with Gasteiger partial charge in [0.15, 0.2) is 0 Å². The number of nitrogens with one attached hydrogen (secondary N) is 1. The van der Waals surface area contributed by atoms with Crippen molar-refractivity contribution >= 4 is 15.9 Å². The third-order valence-corrected chi connectivity index (χ3v) is 6.08. The van der Waals surface area contributed by atoms with Crippen LogP contribution >= 0.6 is 0 Å². The number of carbonyl (C=O) groups is 1. The Hall–Kier alpha value is -1.60. The lowest BCUT2D eigenvalue weighted by Crippen LogP contribution is -2.41. The van der Waals surface area contributed by atoms with Crippen molar-refractivity contribution < 1.29 is 17.9 Å². The van der Waals surface area contributed by atoms with E-state index in [2.05, 4.69) is 5.32 Å². The Labute approximate surface area is 144 Å². The molecule has 1 aromatic rings. The van der Waals surface area contributed by atoms with Gasteiger partial charge in [0.2, 0.25) is 15.9 Å². The molecule has 134 valence electrons. The van der Waals surface area contributed by atoms with Crippen molar-refractivity contribution in [1.82, 2.24) is 9.62 Å². The molecule has 0 radical (unpaired) electrons. The number of hydrogen-bond acceptors (Lipinski definition) is 4. The van der Waals surface area contributed by atoms with Gasteiger partial charge in [-0.15, -0.1) is 0 Å². The van der Waals surface area contributed by atoms with Crippen molar-refractivity contribution in [3.8, 4) is 5.75 Å². The van der Waals surface area contributed by atoms with Gasteiger partial charge in [0, 0.05) is 26.6 Å². The molecule has 1 heterocycles. The van der Waals surface area contributed by atoms with Crippen LogP contribution in [0.3, 0.4) is 0 Å². The van der Waals surface area contributed by atoms with E-state index in [0.29, 0.717) is 31.3 Å². The summed E-state index contributed by atoms with van der Waals surface area (Å²) < 4.78 is 31.8. The Morgan fingerprint density at radius 1 is 1.25 bits per heavy atom. The Kier molecular flexibility index (Phi) is 7.05. The zero-order chi connectivity index (χ0) is 17.4. The fourth-order valence-electron chi connectivity index (χ4n) is 2.84. The monoisotopic (exact) mass is 354 g/mol. The quantitative estimate of drug-likeness (QED) is 0.770. The molecule has 6 nitrogen and oxygen atoms in total. The second kappa shape index (κ2) is 9.03. The molecule has 1 aliphatic heterocycles. The maximum absolute atomic E-state index is 12.4. The molecular weight excluding hydrogens is 328 g/mol. The number of rotatable bonds is 8. The predicted octanol–water partition coefficient (Wildman–Crippen LogP) is 1.63. The smallest absolute Gasteiger partial charge is 0.217 e. The van der Waals surface area contributed by atoms with Crippen LogP contribution in [0.15, 0.2) is 30.3 Å². The van der Waals surface area contributed by atoms with Crippen LogP contribution in [0.5, 0.6) is 5.75 Å². The second-order valence-corrected chi connectivity index (χ2v) is 8.18.